The Kier molecular flexibility index (Phi) is 3.44. The minimum absolute atomic E-state index is 0.0975. The SMILES string of the molecule is CCCCN1C(=O)OCC1c1ccccc1. The highest BCUT2D eigenvalue weighted by Gasteiger charge is 2.33. The van der Waals surface area contributed by atoms with Crippen molar-refractivity contribution in [2.24, 2.45) is 0 Å². The third-order valence-electron chi connectivity index (χ3n) is 2.91. The molecule has 0 radical (unpaired) electrons. The average Bonchev–Trinajstić information content (AvgIpc) is 2.69. The summed E-state index contributed by atoms with van der Waals surface area (Å²) in [5, 5.41) is 0. The fraction of sp³-hybridized carbons (Fsp3) is 0.462. The van der Waals surface area contributed by atoms with E-state index in [1.165, 1.54) is 0 Å². The van der Waals surface area contributed by atoms with Crippen LogP contribution in [0.25, 0.3) is 0 Å². The van der Waals surface area contributed by atoms with E-state index in [0.717, 1.165) is 24.9 Å². The summed E-state index contributed by atoms with van der Waals surface area (Å²) in [6, 6.07) is 10.2. The Morgan fingerprint density at radius 1 is 1.38 bits per heavy atom. The van der Waals surface area contributed by atoms with Crippen LogP contribution in [0.4, 0.5) is 4.79 Å². The second-order valence-corrected chi connectivity index (χ2v) is 4.05. The van der Waals surface area contributed by atoms with Crippen molar-refractivity contribution < 1.29 is 9.53 Å². The van der Waals surface area contributed by atoms with Crippen LogP contribution in [0.15, 0.2) is 30.3 Å². The van der Waals surface area contributed by atoms with E-state index < -0.39 is 0 Å². The van der Waals surface area contributed by atoms with Crippen LogP contribution in [-0.2, 0) is 4.74 Å². The molecule has 0 bridgehead atoms. The molecule has 0 spiro atoms. The van der Waals surface area contributed by atoms with E-state index in [4.69, 9.17) is 4.74 Å². The normalized spacial score (nSPS) is 19.9. The van der Waals surface area contributed by atoms with Crippen LogP contribution in [0.3, 0.4) is 0 Å². The van der Waals surface area contributed by atoms with Crippen LogP contribution in [0.1, 0.15) is 31.4 Å². The first kappa shape index (κ1) is 11.0. The standard InChI is InChI=1S/C13H17NO2/c1-2-3-9-14-12(10-16-13(14)15)11-7-5-4-6-8-11/h4-8,12H,2-3,9-10H2,1H3. The Bertz CT molecular complexity index is 350. The zero-order chi connectivity index (χ0) is 11.4. The van der Waals surface area contributed by atoms with Crippen molar-refractivity contribution in [1.29, 1.82) is 0 Å². The number of rotatable bonds is 4. The molecule has 1 aliphatic heterocycles. The summed E-state index contributed by atoms with van der Waals surface area (Å²) in [5.41, 5.74) is 1.16. The highest BCUT2D eigenvalue weighted by Crippen LogP contribution is 2.27. The van der Waals surface area contributed by atoms with Gasteiger partial charge in [0, 0.05) is 6.54 Å². The molecule has 1 heterocycles. The first-order valence-corrected chi connectivity index (χ1v) is 5.81. The molecule has 1 saturated heterocycles. The third kappa shape index (κ3) is 2.18. The lowest BCUT2D eigenvalue weighted by Crippen LogP contribution is -2.28. The fourth-order valence-corrected chi connectivity index (χ4v) is 1.98. The van der Waals surface area contributed by atoms with Crippen LogP contribution in [0.2, 0.25) is 0 Å². The molecule has 16 heavy (non-hydrogen) atoms. The van der Waals surface area contributed by atoms with E-state index in [2.05, 4.69) is 6.92 Å². The Morgan fingerprint density at radius 3 is 2.81 bits per heavy atom. The zero-order valence-electron chi connectivity index (χ0n) is 9.56. The van der Waals surface area contributed by atoms with Gasteiger partial charge in [-0.15, -0.1) is 0 Å². The predicted octanol–water partition coefficient (Wildman–Crippen LogP) is 2.98. The molecule has 2 rings (SSSR count). The van der Waals surface area contributed by atoms with Crippen molar-refractivity contribution >= 4 is 6.09 Å². The number of ether oxygens (including phenoxy) is 1. The predicted molar refractivity (Wildman–Crippen MR) is 62.1 cm³/mol. The zero-order valence-corrected chi connectivity index (χ0v) is 9.56. The van der Waals surface area contributed by atoms with E-state index >= 15 is 0 Å². The number of nitrogens with zero attached hydrogens (tertiary/aromatic N) is 1. The summed E-state index contributed by atoms with van der Waals surface area (Å²) in [4.78, 5) is 13.4. The molecule has 1 unspecified atom stereocenters. The molecule has 0 aliphatic carbocycles. The van der Waals surface area contributed by atoms with Gasteiger partial charge in [0.25, 0.3) is 0 Å². The van der Waals surface area contributed by atoms with E-state index in [-0.39, 0.29) is 12.1 Å². The molecule has 1 aromatic carbocycles. The molecule has 3 heteroatoms. The summed E-state index contributed by atoms with van der Waals surface area (Å²) in [6.07, 6.45) is 1.94. The minimum atomic E-state index is -0.178. The summed E-state index contributed by atoms with van der Waals surface area (Å²) in [5.74, 6) is 0. The van der Waals surface area contributed by atoms with Gasteiger partial charge >= 0.3 is 6.09 Å². The van der Waals surface area contributed by atoms with Crippen LogP contribution in [0.5, 0.6) is 0 Å². The monoisotopic (exact) mass is 219 g/mol. The molecule has 1 aromatic rings. The lowest BCUT2D eigenvalue weighted by molar-refractivity contribution is 0.157. The topological polar surface area (TPSA) is 29.5 Å². The van der Waals surface area contributed by atoms with Crippen molar-refractivity contribution in [2.75, 3.05) is 13.2 Å². The van der Waals surface area contributed by atoms with Crippen molar-refractivity contribution in [1.82, 2.24) is 4.90 Å². The largest absolute Gasteiger partial charge is 0.447 e. The Balaban J connectivity index is 2.11. The van der Waals surface area contributed by atoms with E-state index in [1.54, 1.807) is 0 Å². The van der Waals surface area contributed by atoms with Crippen LogP contribution in [-0.4, -0.2) is 24.1 Å². The van der Waals surface area contributed by atoms with Crippen molar-refractivity contribution in [3.05, 3.63) is 35.9 Å². The molecule has 0 N–H and O–H groups in total. The van der Waals surface area contributed by atoms with Gasteiger partial charge in [0.05, 0.1) is 6.04 Å². The van der Waals surface area contributed by atoms with E-state index in [9.17, 15) is 4.79 Å². The highest BCUT2D eigenvalue weighted by molar-refractivity contribution is 5.70. The van der Waals surface area contributed by atoms with Gasteiger partial charge in [-0.1, -0.05) is 43.7 Å². The first-order chi connectivity index (χ1) is 7.83. The molecule has 1 fully saturated rings. The lowest BCUT2D eigenvalue weighted by Gasteiger charge is -2.21. The molecule has 86 valence electrons. The lowest BCUT2D eigenvalue weighted by atomic mass is 10.1. The molecule has 0 saturated carbocycles. The molecular formula is C13H17NO2. The molecule has 1 aliphatic rings. The number of hydrogen-bond donors (Lipinski definition) is 0. The second kappa shape index (κ2) is 5.01. The maximum Gasteiger partial charge on any atom is 0.410 e. The molecule has 0 aromatic heterocycles. The van der Waals surface area contributed by atoms with E-state index in [1.807, 2.05) is 35.2 Å². The van der Waals surface area contributed by atoms with Gasteiger partial charge < -0.3 is 4.74 Å². The molecule has 3 nitrogen and oxygen atoms in total. The summed E-state index contributed by atoms with van der Waals surface area (Å²) >= 11 is 0. The highest BCUT2D eigenvalue weighted by atomic mass is 16.6. The number of benzene rings is 1. The maximum absolute atomic E-state index is 11.6. The number of unbranched alkanes of at least 4 members (excludes halogenated alkanes) is 1. The van der Waals surface area contributed by atoms with Gasteiger partial charge in [0.1, 0.15) is 6.61 Å². The first-order valence-electron chi connectivity index (χ1n) is 5.81. The fourth-order valence-electron chi connectivity index (χ4n) is 1.98. The van der Waals surface area contributed by atoms with Crippen molar-refractivity contribution in [3.63, 3.8) is 0 Å². The quantitative estimate of drug-likeness (QED) is 0.779. The van der Waals surface area contributed by atoms with Crippen LogP contribution in [0, 0.1) is 0 Å². The Labute approximate surface area is 96.0 Å². The smallest absolute Gasteiger partial charge is 0.410 e. The average molecular weight is 219 g/mol. The van der Waals surface area contributed by atoms with Gasteiger partial charge in [-0.05, 0) is 12.0 Å². The molecule has 1 amide bonds. The number of amides is 1. The summed E-state index contributed by atoms with van der Waals surface area (Å²) < 4.78 is 5.12. The Hall–Kier alpha value is -1.51. The number of cyclic esters (lactones) is 1. The number of hydrogen-bond acceptors (Lipinski definition) is 2. The third-order valence-corrected chi connectivity index (χ3v) is 2.91. The number of carbonyl (C=O) groups is 1. The van der Waals surface area contributed by atoms with Gasteiger partial charge in [-0.25, -0.2) is 4.79 Å². The number of carbonyl (C=O) groups excluding carboxylic acids is 1. The van der Waals surface area contributed by atoms with Gasteiger partial charge in [-0.3, -0.25) is 4.90 Å². The van der Waals surface area contributed by atoms with Gasteiger partial charge in [0.2, 0.25) is 0 Å². The second-order valence-electron chi connectivity index (χ2n) is 4.05. The summed E-state index contributed by atoms with van der Waals surface area (Å²) in [7, 11) is 0. The van der Waals surface area contributed by atoms with Crippen LogP contribution >= 0.6 is 0 Å². The maximum atomic E-state index is 11.6. The minimum Gasteiger partial charge on any atom is -0.447 e. The van der Waals surface area contributed by atoms with Crippen LogP contribution < -0.4 is 0 Å². The van der Waals surface area contributed by atoms with Gasteiger partial charge in [0.15, 0.2) is 0 Å². The van der Waals surface area contributed by atoms with Crippen molar-refractivity contribution in [3.8, 4) is 0 Å². The van der Waals surface area contributed by atoms with Gasteiger partial charge in [-0.2, -0.15) is 0 Å². The summed E-state index contributed by atoms with van der Waals surface area (Å²) in [6.45, 7) is 3.39. The van der Waals surface area contributed by atoms with Crippen molar-refractivity contribution in [2.45, 2.75) is 25.8 Å². The Morgan fingerprint density at radius 2 is 2.12 bits per heavy atom. The molecule has 1 atom stereocenters. The van der Waals surface area contributed by atoms with E-state index in [0.29, 0.717) is 6.61 Å². The molecular weight excluding hydrogens is 202 g/mol.